The van der Waals surface area contributed by atoms with Gasteiger partial charge >= 0.3 is 0 Å². The van der Waals surface area contributed by atoms with Crippen LogP contribution in [0.15, 0.2) is 41.8 Å². The summed E-state index contributed by atoms with van der Waals surface area (Å²) in [5.74, 6) is -0.919. The van der Waals surface area contributed by atoms with E-state index >= 15 is 0 Å². The van der Waals surface area contributed by atoms with Crippen molar-refractivity contribution in [1.29, 1.82) is 0 Å². The summed E-state index contributed by atoms with van der Waals surface area (Å²) in [6.45, 7) is 0.708. The molecule has 0 spiro atoms. The van der Waals surface area contributed by atoms with Crippen LogP contribution in [0.5, 0.6) is 0 Å². The van der Waals surface area contributed by atoms with Crippen molar-refractivity contribution < 1.29 is 14.0 Å². The first-order valence-corrected chi connectivity index (χ1v) is 9.26. The van der Waals surface area contributed by atoms with Crippen LogP contribution in [0.2, 0.25) is 0 Å². The van der Waals surface area contributed by atoms with Crippen LogP contribution in [0.3, 0.4) is 0 Å². The van der Waals surface area contributed by atoms with Crippen molar-refractivity contribution in [3.63, 3.8) is 0 Å². The van der Waals surface area contributed by atoms with Crippen LogP contribution >= 0.6 is 11.3 Å². The fraction of sp³-hybridized carbons (Fsp3) is 0.222. The summed E-state index contributed by atoms with van der Waals surface area (Å²) < 4.78 is 14.8. The molecular formula is C18H16FN5O2S. The molecule has 1 atom stereocenters. The number of nitrogens with two attached hydrogens (primary N) is 1. The van der Waals surface area contributed by atoms with E-state index in [0.29, 0.717) is 24.5 Å². The number of halogens is 1. The maximum absolute atomic E-state index is 13.3. The van der Waals surface area contributed by atoms with Crippen LogP contribution in [-0.2, 0) is 4.79 Å². The molecule has 1 aliphatic rings. The number of carbonyl (C=O) groups excluding carboxylic acids is 2. The number of primary amides is 1. The van der Waals surface area contributed by atoms with Crippen LogP contribution in [-0.4, -0.2) is 44.6 Å². The highest BCUT2D eigenvalue weighted by Gasteiger charge is 2.32. The van der Waals surface area contributed by atoms with Crippen LogP contribution < -0.4 is 5.73 Å². The number of hydrogen-bond acceptors (Lipinski definition) is 5. The second kappa shape index (κ2) is 6.92. The molecule has 1 aromatic carbocycles. The standard InChI is InChI=1S/C18H16FN5O2S/c19-12-3-5-13(6-4-12)24-17(14-2-1-9-27-14)21-16(22-24)18(26)23-8-7-11(10-23)15(20)25/h1-6,9,11H,7-8,10H2,(H2,20,25)/t11-/m1/s1. The van der Waals surface area contributed by atoms with E-state index in [2.05, 4.69) is 10.1 Å². The summed E-state index contributed by atoms with van der Waals surface area (Å²) in [6, 6.07) is 9.57. The molecule has 0 aliphatic carbocycles. The highest BCUT2D eigenvalue weighted by Crippen LogP contribution is 2.26. The average Bonchev–Trinajstić information content (AvgIpc) is 3.40. The van der Waals surface area contributed by atoms with E-state index in [1.54, 1.807) is 12.1 Å². The van der Waals surface area contributed by atoms with E-state index in [-0.39, 0.29) is 30.0 Å². The zero-order valence-corrected chi connectivity index (χ0v) is 15.0. The number of aromatic nitrogens is 3. The maximum atomic E-state index is 13.3. The monoisotopic (exact) mass is 385 g/mol. The molecule has 3 heterocycles. The predicted molar refractivity (Wildman–Crippen MR) is 97.8 cm³/mol. The summed E-state index contributed by atoms with van der Waals surface area (Å²) in [7, 11) is 0. The Bertz CT molecular complexity index is 984. The Morgan fingerprint density at radius 3 is 2.63 bits per heavy atom. The maximum Gasteiger partial charge on any atom is 0.293 e. The predicted octanol–water partition coefficient (Wildman–Crippen LogP) is 2.08. The molecule has 0 radical (unpaired) electrons. The fourth-order valence-corrected chi connectivity index (χ4v) is 3.75. The number of nitrogens with zero attached hydrogens (tertiary/aromatic N) is 4. The number of thiophene rings is 1. The Hall–Kier alpha value is -3.07. The average molecular weight is 385 g/mol. The molecule has 27 heavy (non-hydrogen) atoms. The van der Waals surface area contributed by atoms with Crippen LogP contribution in [0.1, 0.15) is 17.0 Å². The van der Waals surface area contributed by atoms with Gasteiger partial charge in [0.15, 0.2) is 5.82 Å². The van der Waals surface area contributed by atoms with E-state index in [1.807, 2.05) is 17.5 Å². The van der Waals surface area contributed by atoms with Gasteiger partial charge < -0.3 is 10.6 Å². The molecule has 0 unspecified atom stereocenters. The van der Waals surface area contributed by atoms with Gasteiger partial charge in [0.25, 0.3) is 5.91 Å². The van der Waals surface area contributed by atoms with E-state index in [1.165, 1.54) is 33.1 Å². The normalized spacial score (nSPS) is 16.6. The zero-order chi connectivity index (χ0) is 19.0. The summed E-state index contributed by atoms with van der Waals surface area (Å²) >= 11 is 1.47. The Morgan fingerprint density at radius 2 is 2.00 bits per heavy atom. The van der Waals surface area contributed by atoms with Gasteiger partial charge in [-0.3, -0.25) is 9.59 Å². The minimum atomic E-state index is -0.408. The van der Waals surface area contributed by atoms with Gasteiger partial charge in [0, 0.05) is 13.1 Å². The van der Waals surface area contributed by atoms with E-state index in [9.17, 15) is 14.0 Å². The third-order valence-corrected chi connectivity index (χ3v) is 5.35. The molecule has 7 nitrogen and oxygen atoms in total. The quantitative estimate of drug-likeness (QED) is 0.744. The number of carbonyl (C=O) groups is 2. The molecule has 0 saturated carbocycles. The number of amides is 2. The van der Waals surface area contributed by atoms with Crippen molar-refractivity contribution in [2.75, 3.05) is 13.1 Å². The van der Waals surface area contributed by atoms with Crippen LogP contribution in [0.4, 0.5) is 4.39 Å². The summed E-state index contributed by atoms with van der Waals surface area (Å²) in [5.41, 5.74) is 5.94. The summed E-state index contributed by atoms with van der Waals surface area (Å²) in [6.07, 6.45) is 0.539. The van der Waals surface area contributed by atoms with Crippen molar-refractivity contribution >= 4 is 23.2 Å². The van der Waals surface area contributed by atoms with E-state index in [4.69, 9.17) is 5.73 Å². The van der Waals surface area contributed by atoms with Gasteiger partial charge in [0.05, 0.1) is 16.5 Å². The largest absolute Gasteiger partial charge is 0.369 e. The second-order valence-corrected chi connectivity index (χ2v) is 7.21. The highest BCUT2D eigenvalue weighted by molar-refractivity contribution is 7.13. The van der Waals surface area contributed by atoms with Gasteiger partial charge in [-0.1, -0.05) is 6.07 Å². The molecule has 2 aromatic heterocycles. The molecule has 1 saturated heterocycles. The molecule has 1 fully saturated rings. The molecule has 4 rings (SSSR count). The minimum Gasteiger partial charge on any atom is -0.369 e. The third-order valence-electron chi connectivity index (χ3n) is 4.49. The molecule has 138 valence electrons. The second-order valence-electron chi connectivity index (χ2n) is 6.26. The SMILES string of the molecule is NC(=O)[C@@H]1CCN(C(=O)c2nc(-c3cccs3)n(-c3ccc(F)cc3)n2)C1. The Balaban J connectivity index is 1.70. The highest BCUT2D eigenvalue weighted by atomic mass is 32.1. The molecule has 0 bridgehead atoms. The first-order valence-electron chi connectivity index (χ1n) is 8.38. The first kappa shape index (κ1) is 17.3. The number of hydrogen-bond donors (Lipinski definition) is 1. The lowest BCUT2D eigenvalue weighted by molar-refractivity contribution is -0.121. The Kier molecular flexibility index (Phi) is 4.44. The van der Waals surface area contributed by atoms with Gasteiger partial charge in [-0.25, -0.2) is 14.1 Å². The van der Waals surface area contributed by atoms with Gasteiger partial charge in [0.1, 0.15) is 5.82 Å². The van der Waals surface area contributed by atoms with Crippen LogP contribution in [0.25, 0.3) is 16.4 Å². The molecule has 3 aromatic rings. The van der Waals surface area contributed by atoms with Gasteiger partial charge in [-0.2, -0.15) is 0 Å². The third kappa shape index (κ3) is 3.33. The van der Waals surface area contributed by atoms with Crippen molar-refractivity contribution in [3.8, 4) is 16.4 Å². The minimum absolute atomic E-state index is 0.0350. The van der Waals surface area contributed by atoms with Gasteiger partial charge in [-0.15, -0.1) is 16.4 Å². The lowest BCUT2D eigenvalue weighted by atomic mass is 10.1. The molecular weight excluding hydrogens is 369 g/mol. The molecule has 1 aliphatic heterocycles. The number of rotatable bonds is 4. The smallest absolute Gasteiger partial charge is 0.293 e. The molecule has 2 amide bonds. The molecule has 9 heteroatoms. The van der Waals surface area contributed by atoms with Crippen molar-refractivity contribution in [2.45, 2.75) is 6.42 Å². The summed E-state index contributed by atoms with van der Waals surface area (Å²) in [4.78, 5) is 31.0. The lowest BCUT2D eigenvalue weighted by Crippen LogP contribution is -2.32. The van der Waals surface area contributed by atoms with E-state index in [0.717, 1.165) is 4.88 Å². The van der Waals surface area contributed by atoms with Crippen molar-refractivity contribution in [3.05, 3.63) is 53.4 Å². The first-order chi connectivity index (χ1) is 13.0. The van der Waals surface area contributed by atoms with Gasteiger partial charge in [-0.05, 0) is 42.1 Å². The number of likely N-dealkylation sites (tertiary alicyclic amines) is 1. The lowest BCUT2D eigenvalue weighted by Gasteiger charge is -2.13. The van der Waals surface area contributed by atoms with E-state index < -0.39 is 5.91 Å². The van der Waals surface area contributed by atoms with Crippen molar-refractivity contribution in [2.24, 2.45) is 11.7 Å². The fourth-order valence-electron chi connectivity index (χ4n) is 3.05. The van der Waals surface area contributed by atoms with Crippen molar-refractivity contribution in [1.82, 2.24) is 19.7 Å². The number of benzene rings is 1. The zero-order valence-electron chi connectivity index (χ0n) is 14.2. The summed E-state index contributed by atoms with van der Waals surface area (Å²) in [5, 5.41) is 6.26. The van der Waals surface area contributed by atoms with Gasteiger partial charge in [0.2, 0.25) is 11.7 Å². The topological polar surface area (TPSA) is 94.1 Å². The molecule has 2 N–H and O–H groups in total. The Morgan fingerprint density at radius 1 is 1.22 bits per heavy atom. The van der Waals surface area contributed by atoms with Crippen LogP contribution in [0, 0.1) is 11.7 Å². The Labute approximate surface area is 158 Å².